The number of aromatic nitrogens is 2. The van der Waals surface area contributed by atoms with E-state index in [0.717, 1.165) is 10.2 Å². The molecule has 0 amide bonds. The Morgan fingerprint density at radius 1 is 1.28 bits per heavy atom. The molecule has 18 heavy (non-hydrogen) atoms. The number of nitrogens with one attached hydrogen (secondary N) is 1. The molecule has 0 saturated carbocycles. The highest BCUT2D eigenvalue weighted by Gasteiger charge is 2.10. The first kappa shape index (κ1) is 13.6. The monoisotopic (exact) mass is 391 g/mol. The van der Waals surface area contributed by atoms with Gasteiger partial charge >= 0.3 is 0 Å². The van der Waals surface area contributed by atoms with E-state index in [-0.39, 0.29) is 0 Å². The number of rotatable bonds is 3. The minimum absolute atomic E-state index is 0.349. The van der Waals surface area contributed by atoms with E-state index in [4.69, 9.17) is 16.3 Å². The van der Waals surface area contributed by atoms with Gasteiger partial charge in [-0.05, 0) is 34.1 Å². The molecule has 1 N–H and O–H groups in total. The molecule has 0 aliphatic rings. The summed E-state index contributed by atoms with van der Waals surface area (Å²) in [5, 5.41) is 3.48. The van der Waals surface area contributed by atoms with E-state index < -0.39 is 0 Å². The van der Waals surface area contributed by atoms with Gasteiger partial charge < -0.3 is 10.1 Å². The number of nitrogens with zero attached hydrogens (tertiary/aromatic N) is 2. The van der Waals surface area contributed by atoms with E-state index in [2.05, 4.69) is 47.1 Å². The van der Waals surface area contributed by atoms with Crippen molar-refractivity contribution in [2.24, 2.45) is 0 Å². The van der Waals surface area contributed by atoms with E-state index in [0.29, 0.717) is 21.2 Å². The Morgan fingerprint density at radius 3 is 2.78 bits per heavy atom. The third-order valence-corrected chi connectivity index (χ3v) is 3.92. The molecule has 4 nitrogen and oxygen atoms in total. The molecule has 0 fully saturated rings. The lowest BCUT2D eigenvalue weighted by molar-refractivity contribution is 0.416. The second-order valence-electron chi connectivity index (χ2n) is 3.30. The van der Waals surface area contributed by atoms with Crippen molar-refractivity contribution < 1.29 is 4.74 Å². The molecule has 0 radical (unpaired) electrons. The van der Waals surface area contributed by atoms with Crippen molar-refractivity contribution in [1.82, 2.24) is 9.97 Å². The smallest absolute Gasteiger partial charge is 0.149 e. The van der Waals surface area contributed by atoms with Crippen LogP contribution in [0.1, 0.15) is 0 Å². The first-order valence-corrected chi connectivity index (χ1v) is 6.84. The predicted molar refractivity (Wildman–Crippen MR) is 78.7 cm³/mol. The van der Waals surface area contributed by atoms with Crippen LogP contribution in [0.25, 0.3) is 0 Å². The fourth-order valence-electron chi connectivity index (χ4n) is 1.34. The van der Waals surface area contributed by atoms with Gasteiger partial charge in [-0.25, -0.2) is 9.97 Å². The maximum absolute atomic E-state index is 5.91. The molecular formula is C11H8Br2ClN3O. The fourth-order valence-corrected chi connectivity index (χ4v) is 2.14. The number of hydrogen-bond acceptors (Lipinski definition) is 4. The zero-order valence-electron chi connectivity index (χ0n) is 9.25. The summed E-state index contributed by atoms with van der Waals surface area (Å²) in [5.41, 5.74) is 0.780. The zero-order chi connectivity index (χ0) is 13.1. The lowest BCUT2D eigenvalue weighted by Gasteiger charge is -2.12. The van der Waals surface area contributed by atoms with Crippen molar-refractivity contribution >= 4 is 55.0 Å². The standard InChI is InChI=1S/C11H8Br2ClN3O/c1-18-8-3-2-6(12)4-7(8)17-11-9(13)10(14)15-5-16-11/h2-5H,1H3,(H,15,16,17). The number of halogens is 3. The molecule has 1 heterocycles. The summed E-state index contributed by atoms with van der Waals surface area (Å²) in [6, 6.07) is 5.64. The Balaban J connectivity index is 2.39. The van der Waals surface area contributed by atoms with Gasteiger partial charge in [-0.1, -0.05) is 27.5 Å². The highest BCUT2D eigenvalue weighted by molar-refractivity contribution is 9.11. The van der Waals surface area contributed by atoms with Crippen LogP contribution in [0.15, 0.2) is 33.5 Å². The highest BCUT2D eigenvalue weighted by Crippen LogP contribution is 2.33. The largest absolute Gasteiger partial charge is 0.495 e. The molecule has 0 aliphatic carbocycles. The molecule has 0 bridgehead atoms. The normalized spacial score (nSPS) is 10.2. The molecule has 0 atom stereocenters. The Morgan fingerprint density at radius 2 is 2.06 bits per heavy atom. The second-order valence-corrected chi connectivity index (χ2v) is 5.36. The van der Waals surface area contributed by atoms with Gasteiger partial charge in [0, 0.05) is 4.47 Å². The van der Waals surface area contributed by atoms with Crippen LogP contribution in [0, 0.1) is 0 Å². The van der Waals surface area contributed by atoms with Crippen LogP contribution in [0.2, 0.25) is 5.15 Å². The fraction of sp³-hybridized carbons (Fsp3) is 0.0909. The van der Waals surface area contributed by atoms with Gasteiger partial charge in [0.25, 0.3) is 0 Å². The summed E-state index contributed by atoms with van der Waals surface area (Å²) in [7, 11) is 1.61. The third-order valence-electron chi connectivity index (χ3n) is 2.16. The molecule has 94 valence electrons. The Hall–Kier alpha value is -0.850. The molecule has 0 spiro atoms. The molecule has 7 heteroatoms. The van der Waals surface area contributed by atoms with Crippen LogP contribution in [0.5, 0.6) is 5.75 Å². The van der Waals surface area contributed by atoms with Crippen LogP contribution in [0.4, 0.5) is 11.5 Å². The van der Waals surface area contributed by atoms with Crippen molar-refractivity contribution in [3.8, 4) is 5.75 Å². The van der Waals surface area contributed by atoms with Gasteiger partial charge in [-0.2, -0.15) is 0 Å². The predicted octanol–water partition coefficient (Wildman–Crippen LogP) is 4.41. The van der Waals surface area contributed by atoms with Crippen LogP contribution < -0.4 is 10.1 Å². The Labute approximate surface area is 126 Å². The Bertz CT molecular complexity index is 580. The van der Waals surface area contributed by atoms with Gasteiger partial charge in [-0.15, -0.1) is 0 Å². The summed E-state index contributed by atoms with van der Waals surface area (Å²) in [6.07, 6.45) is 1.39. The van der Waals surface area contributed by atoms with Crippen LogP contribution in [-0.2, 0) is 0 Å². The van der Waals surface area contributed by atoms with Gasteiger partial charge in [0.1, 0.15) is 23.0 Å². The van der Waals surface area contributed by atoms with Crippen molar-refractivity contribution in [3.63, 3.8) is 0 Å². The van der Waals surface area contributed by atoms with Crippen molar-refractivity contribution in [2.75, 3.05) is 12.4 Å². The van der Waals surface area contributed by atoms with E-state index in [1.807, 2.05) is 18.2 Å². The molecule has 0 saturated heterocycles. The lowest BCUT2D eigenvalue weighted by Crippen LogP contribution is -1.98. The average molecular weight is 393 g/mol. The summed E-state index contributed by atoms with van der Waals surface area (Å²) in [4.78, 5) is 7.98. The van der Waals surface area contributed by atoms with Gasteiger partial charge in [0.05, 0.1) is 17.3 Å². The van der Waals surface area contributed by atoms with E-state index in [1.165, 1.54) is 6.33 Å². The number of benzene rings is 1. The maximum Gasteiger partial charge on any atom is 0.149 e. The van der Waals surface area contributed by atoms with E-state index >= 15 is 0 Å². The quantitative estimate of drug-likeness (QED) is 0.785. The summed E-state index contributed by atoms with van der Waals surface area (Å²) in [5.74, 6) is 1.28. The molecule has 2 aromatic rings. The first-order valence-electron chi connectivity index (χ1n) is 4.88. The SMILES string of the molecule is COc1ccc(Br)cc1Nc1ncnc(Cl)c1Br. The molecule has 0 aliphatic heterocycles. The van der Waals surface area contributed by atoms with Gasteiger partial charge in [0.15, 0.2) is 0 Å². The number of hydrogen-bond donors (Lipinski definition) is 1. The molecular weight excluding hydrogens is 385 g/mol. The van der Waals surface area contributed by atoms with Crippen molar-refractivity contribution in [2.45, 2.75) is 0 Å². The van der Waals surface area contributed by atoms with Crippen molar-refractivity contribution in [1.29, 1.82) is 0 Å². The lowest BCUT2D eigenvalue weighted by atomic mass is 10.3. The van der Waals surface area contributed by atoms with Crippen molar-refractivity contribution in [3.05, 3.63) is 38.6 Å². The minimum atomic E-state index is 0.349. The minimum Gasteiger partial charge on any atom is -0.495 e. The second kappa shape index (κ2) is 5.86. The van der Waals surface area contributed by atoms with Crippen LogP contribution in [-0.4, -0.2) is 17.1 Å². The van der Waals surface area contributed by atoms with Crippen LogP contribution >= 0.6 is 43.5 Å². The Kier molecular flexibility index (Phi) is 4.42. The summed E-state index contributed by atoms with van der Waals surface area (Å²) >= 11 is 12.6. The number of ether oxygens (including phenoxy) is 1. The zero-order valence-corrected chi connectivity index (χ0v) is 13.2. The number of methoxy groups -OCH3 is 1. The molecule has 2 rings (SSSR count). The van der Waals surface area contributed by atoms with Crippen LogP contribution in [0.3, 0.4) is 0 Å². The maximum atomic E-state index is 5.91. The van der Waals surface area contributed by atoms with E-state index in [1.54, 1.807) is 7.11 Å². The summed E-state index contributed by atoms with van der Waals surface area (Å²) in [6.45, 7) is 0. The highest BCUT2D eigenvalue weighted by atomic mass is 79.9. The summed E-state index contributed by atoms with van der Waals surface area (Å²) < 4.78 is 6.81. The molecule has 0 unspecified atom stereocenters. The van der Waals surface area contributed by atoms with Gasteiger partial charge in [-0.3, -0.25) is 0 Å². The third kappa shape index (κ3) is 2.93. The van der Waals surface area contributed by atoms with E-state index in [9.17, 15) is 0 Å². The molecule has 1 aromatic heterocycles. The average Bonchev–Trinajstić information content (AvgIpc) is 2.35. The number of anilines is 2. The topological polar surface area (TPSA) is 47.0 Å². The first-order chi connectivity index (χ1) is 8.61. The van der Waals surface area contributed by atoms with Gasteiger partial charge in [0.2, 0.25) is 0 Å². The molecule has 1 aromatic carbocycles.